The van der Waals surface area contributed by atoms with E-state index >= 15 is 0 Å². The Labute approximate surface area is 94.4 Å². The number of carbonyl (C=O) groups is 2. The lowest BCUT2D eigenvalue weighted by molar-refractivity contribution is -0.198. The number of carboxylic acids is 1. The number of carboxylic acid groups (broad SMARTS) is 1. The van der Waals surface area contributed by atoms with E-state index in [4.69, 9.17) is 9.84 Å². The van der Waals surface area contributed by atoms with E-state index in [-0.39, 0.29) is 24.0 Å². The van der Waals surface area contributed by atoms with Crippen molar-refractivity contribution in [3.05, 3.63) is 0 Å². The Morgan fingerprint density at radius 1 is 1.50 bits per heavy atom. The summed E-state index contributed by atoms with van der Waals surface area (Å²) in [6.07, 6.45) is 2.60. The van der Waals surface area contributed by atoms with Gasteiger partial charge in [0.05, 0.1) is 18.1 Å². The third kappa shape index (κ3) is 2.19. The predicted molar refractivity (Wildman–Crippen MR) is 56.0 cm³/mol. The van der Waals surface area contributed by atoms with E-state index in [0.717, 1.165) is 19.3 Å². The van der Waals surface area contributed by atoms with Crippen LogP contribution in [0.5, 0.6) is 0 Å². The molecule has 1 amide bonds. The molecule has 5 heteroatoms. The van der Waals surface area contributed by atoms with Gasteiger partial charge in [-0.15, -0.1) is 0 Å². The first-order chi connectivity index (χ1) is 7.51. The molecule has 1 heterocycles. The quantitative estimate of drug-likeness (QED) is 0.751. The number of carbonyl (C=O) groups excluding carboxylic acids is 1. The lowest BCUT2D eigenvalue weighted by atomic mass is 9.78. The molecule has 2 aliphatic rings. The monoisotopic (exact) mass is 227 g/mol. The van der Waals surface area contributed by atoms with Gasteiger partial charge in [-0.2, -0.15) is 0 Å². The Morgan fingerprint density at radius 2 is 2.19 bits per heavy atom. The highest BCUT2D eigenvalue weighted by atomic mass is 16.5. The number of hydrogen-bond acceptors (Lipinski definition) is 3. The van der Waals surface area contributed by atoms with Crippen molar-refractivity contribution in [3.8, 4) is 0 Å². The molecular weight excluding hydrogens is 210 g/mol. The average molecular weight is 227 g/mol. The molecule has 1 atom stereocenters. The van der Waals surface area contributed by atoms with E-state index in [2.05, 4.69) is 0 Å². The highest BCUT2D eigenvalue weighted by Gasteiger charge is 2.46. The molecule has 2 rings (SSSR count). The van der Waals surface area contributed by atoms with E-state index in [1.54, 1.807) is 4.90 Å². The van der Waals surface area contributed by atoms with Crippen molar-refractivity contribution in [2.45, 2.75) is 44.3 Å². The van der Waals surface area contributed by atoms with Crippen LogP contribution in [0.1, 0.15) is 32.6 Å². The second-order valence-electron chi connectivity index (χ2n) is 4.77. The van der Waals surface area contributed by atoms with E-state index in [1.807, 2.05) is 0 Å². The minimum Gasteiger partial charge on any atom is -0.481 e. The first kappa shape index (κ1) is 11.4. The Kier molecular flexibility index (Phi) is 2.88. The number of morpholine rings is 1. The lowest BCUT2D eigenvalue weighted by Crippen LogP contribution is -2.60. The molecule has 5 nitrogen and oxygen atoms in total. The lowest BCUT2D eigenvalue weighted by Gasteiger charge is -2.51. The minimum atomic E-state index is -0.870. The maximum absolute atomic E-state index is 11.4. The fraction of sp³-hybridized carbons (Fsp3) is 0.818. The summed E-state index contributed by atoms with van der Waals surface area (Å²) < 4.78 is 5.83. The molecule has 1 saturated carbocycles. The molecule has 1 aliphatic heterocycles. The Balaban J connectivity index is 2.04. The van der Waals surface area contributed by atoms with Crippen LogP contribution < -0.4 is 0 Å². The topological polar surface area (TPSA) is 66.8 Å². The highest BCUT2D eigenvalue weighted by molar-refractivity contribution is 5.74. The summed E-state index contributed by atoms with van der Waals surface area (Å²) in [5.41, 5.74) is -0.246. The first-order valence-corrected chi connectivity index (χ1v) is 5.66. The number of ether oxygens (including phenoxy) is 1. The zero-order valence-electron chi connectivity index (χ0n) is 9.44. The highest BCUT2D eigenvalue weighted by Crippen LogP contribution is 2.40. The largest absolute Gasteiger partial charge is 0.481 e. The molecule has 1 N–H and O–H groups in total. The zero-order chi connectivity index (χ0) is 11.8. The molecule has 1 unspecified atom stereocenters. The van der Waals surface area contributed by atoms with Gasteiger partial charge in [-0.05, 0) is 19.3 Å². The second kappa shape index (κ2) is 4.05. The molecule has 0 radical (unpaired) electrons. The van der Waals surface area contributed by atoms with Crippen LogP contribution in [0.25, 0.3) is 0 Å². The zero-order valence-corrected chi connectivity index (χ0v) is 9.44. The van der Waals surface area contributed by atoms with Crippen LogP contribution in [0.15, 0.2) is 0 Å². The number of amides is 1. The molecule has 1 spiro atoms. The predicted octanol–water partition coefficient (Wildman–Crippen LogP) is 0.631. The second-order valence-corrected chi connectivity index (χ2v) is 4.77. The van der Waals surface area contributed by atoms with Gasteiger partial charge in [0.1, 0.15) is 0 Å². The van der Waals surface area contributed by atoms with Crippen LogP contribution in [0, 0.1) is 0 Å². The Hall–Kier alpha value is -1.10. The molecule has 1 saturated heterocycles. The summed E-state index contributed by atoms with van der Waals surface area (Å²) in [6.45, 7) is 2.55. The first-order valence-electron chi connectivity index (χ1n) is 5.66. The van der Waals surface area contributed by atoms with E-state index in [9.17, 15) is 9.59 Å². The fourth-order valence-corrected chi connectivity index (χ4v) is 2.47. The van der Waals surface area contributed by atoms with Crippen molar-refractivity contribution in [2.24, 2.45) is 0 Å². The third-order valence-corrected chi connectivity index (χ3v) is 3.43. The van der Waals surface area contributed by atoms with Gasteiger partial charge in [0.25, 0.3) is 0 Å². The van der Waals surface area contributed by atoms with Gasteiger partial charge in [-0.1, -0.05) is 0 Å². The van der Waals surface area contributed by atoms with Gasteiger partial charge < -0.3 is 14.7 Å². The van der Waals surface area contributed by atoms with Crippen molar-refractivity contribution in [2.75, 3.05) is 13.1 Å². The normalized spacial score (nSPS) is 27.6. The van der Waals surface area contributed by atoms with Gasteiger partial charge in [-0.3, -0.25) is 9.59 Å². The van der Waals surface area contributed by atoms with E-state index < -0.39 is 5.97 Å². The van der Waals surface area contributed by atoms with Gasteiger partial charge in [0, 0.05) is 20.0 Å². The summed E-state index contributed by atoms with van der Waals surface area (Å²) >= 11 is 0. The van der Waals surface area contributed by atoms with Crippen LogP contribution in [-0.4, -0.2) is 46.7 Å². The summed E-state index contributed by atoms with van der Waals surface area (Å²) in [4.78, 5) is 23.8. The van der Waals surface area contributed by atoms with Gasteiger partial charge in [0.15, 0.2) is 0 Å². The van der Waals surface area contributed by atoms with Crippen molar-refractivity contribution in [3.63, 3.8) is 0 Å². The molecule has 2 fully saturated rings. The third-order valence-electron chi connectivity index (χ3n) is 3.43. The van der Waals surface area contributed by atoms with Gasteiger partial charge >= 0.3 is 5.97 Å². The molecule has 0 aromatic carbocycles. The Morgan fingerprint density at radius 3 is 2.62 bits per heavy atom. The van der Waals surface area contributed by atoms with E-state index in [1.165, 1.54) is 6.92 Å². The van der Waals surface area contributed by atoms with E-state index in [0.29, 0.717) is 13.1 Å². The number of nitrogens with zero attached hydrogens (tertiary/aromatic N) is 1. The van der Waals surface area contributed by atoms with Crippen molar-refractivity contribution >= 4 is 11.9 Å². The SMILES string of the molecule is CC(=O)N1CC(CC(=O)O)OC2(CCC2)C1. The number of hydrogen-bond donors (Lipinski definition) is 1. The van der Waals surface area contributed by atoms with Crippen LogP contribution in [0.4, 0.5) is 0 Å². The average Bonchev–Trinajstić information content (AvgIpc) is 2.13. The van der Waals surface area contributed by atoms with Crippen LogP contribution in [-0.2, 0) is 14.3 Å². The maximum Gasteiger partial charge on any atom is 0.306 e. The minimum absolute atomic E-state index is 0.00460. The van der Waals surface area contributed by atoms with Crippen molar-refractivity contribution in [1.29, 1.82) is 0 Å². The van der Waals surface area contributed by atoms with Crippen LogP contribution in [0.2, 0.25) is 0 Å². The van der Waals surface area contributed by atoms with Crippen LogP contribution >= 0.6 is 0 Å². The molecule has 0 bridgehead atoms. The standard InChI is InChI=1S/C11H17NO4/c1-8(13)12-6-9(5-10(14)15)16-11(7-12)3-2-4-11/h9H,2-7H2,1H3,(H,14,15). The molecule has 1 aliphatic carbocycles. The van der Waals surface area contributed by atoms with Crippen LogP contribution in [0.3, 0.4) is 0 Å². The van der Waals surface area contributed by atoms with Crippen molar-refractivity contribution < 1.29 is 19.4 Å². The van der Waals surface area contributed by atoms with Gasteiger partial charge in [-0.25, -0.2) is 0 Å². The summed E-state index contributed by atoms with van der Waals surface area (Å²) in [5, 5.41) is 8.77. The summed E-state index contributed by atoms with van der Waals surface area (Å²) in [6, 6.07) is 0. The summed E-state index contributed by atoms with van der Waals surface area (Å²) in [5.74, 6) is -0.866. The van der Waals surface area contributed by atoms with Gasteiger partial charge in [0.2, 0.25) is 5.91 Å². The molecule has 0 aromatic heterocycles. The molecular formula is C11H17NO4. The Bertz CT molecular complexity index is 311. The number of aliphatic carboxylic acids is 1. The summed E-state index contributed by atoms with van der Waals surface area (Å²) in [7, 11) is 0. The molecule has 0 aromatic rings. The van der Waals surface area contributed by atoms with Crippen molar-refractivity contribution in [1.82, 2.24) is 4.90 Å². The molecule has 16 heavy (non-hydrogen) atoms. The number of rotatable bonds is 2. The maximum atomic E-state index is 11.4. The smallest absolute Gasteiger partial charge is 0.306 e. The molecule has 90 valence electrons. The fourth-order valence-electron chi connectivity index (χ4n) is 2.47.